The number of nitrogens with one attached hydrogen (secondary N) is 2. The van der Waals surface area contributed by atoms with E-state index in [9.17, 15) is 4.79 Å². The Morgan fingerprint density at radius 2 is 2.19 bits per heavy atom. The van der Waals surface area contributed by atoms with E-state index in [4.69, 9.17) is 11.6 Å². The van der Waals surface area contributed by atoms with Crippen molar-refractivity contribution in [1.29, 1.82) is 0 Å². The second kappa shape index (κ2) is 6.90. The van der Waals surface area contributed by atoms with E-state index in [0.717, 1.165) is 17.0 Å². The second-order valence-corrected chi connectivity index (χ2v) is 3.65. The topological polar surface area (TPSA) is 41.1 Å². The number of benzene rings is 1. The first kappa shape index (κ1) is 12.6. The lowest BCUT2D eigenvalue weighted by Crippen LogP contribution is -2.33. The number of carbonyl (C=O) groups excluding carboxylic acids is 1. The van der Waals surface area contributed by atoms with Gasteiger partial charge in [-0.15, -0.1) is 0 Å². The molecule has 0 aromatic heterocycles. The summed E-state index contributed by atoms with van der Waals surface area (Å²) in [4.78, 5) is 11.2. The average molecular weight is 239 g/mol. The Kier molecular flexibility index (Phi) is 5.43. The van der Waals surface area contributed by atoms with Crippen LogP contribution in [0.25, 0.3) is 0 Å². The van der Waals surface area contributed by atoms with Gasteiger partial charge in [-0.2, -0.15) is 0 Å². The SMILES string of the molecule is C/C=C/NC(=O)NCCc1ccccc1Cl. The fraction of sp³-hybridized carbons (Fsp3) is 0.250. The number of allylic oxidation sites excluding steroid dienone is 1. The van der Waals surface area contributed by atoms with Crippen LogP contribution in [0.3, 0.4) is 0 Å². The molecular weight excluding hydrogens is 224 g/mol. The summed E-state index contributed by atoms with van der Waals surface area (Å²) in [6.45, 7) is 2.40. The number of hydrogen-bond donors (Lipinski definition) is 2. The Morgan fingerprint density at radius 3 is 2.88 bits per heavy atom. The van der Waals surface area contributed by atoms with Crippen molar-refractivity contribution >= 4 is 17.6 Å². The van der Waals surface area contributed by atoms with Crippen LogP contribution >= 0.6 is 11.6 Å². The second-order valence-electron chi connectivity index (χ2n) is 3.24. The largest absolute Gasteiger partial charge is 0.338 e. The number of rotatable bonds is 4. The quantitative estimate of drug-likeness (QED) is 0.832. The van der Waals surface area contributed by atoms with E-state index in [-0.39, 0.29) is 6.03 Å². The van der Waals surface area contributed by atoms with Gasteiger partial charge in [0.05, 0.1) is 0 Å². The molecule has 0 fully saturated rings. The molecule has 0 saturated heterocycles. The van der Waals surface area contributed by atoms with E-state index < -0.39 is 0 Å². The molecule has 2 N–H and O–H groups in total. The molecule has 2 amide bonds. The minimum atomic E-state index is -0.204. The molecule has 0 spiro atoms. The molecule has 1 aromatic carbocycles. The lowest BCUT2D eigenvalue weighted by atomic mass is 10.1. The van der Waals surface area contributed by atoms with Crippen molar-refractivity contribution in [1.82, 2.24) is 10.6 Å². The Labute approximate surface area is 100 Å². The molecule has 0 unspecified atom stereocenters. The molecule has 16 heavy (non-hydrogen) atoms. The number of carbonyl (C=O) groups is 1. The van der Waals surface area contributed by atoms with E-state index in [2.05, 4.69) is 10.6 Å². The summed E-state index contributed by atoms with van der Waals surface area (Å²) in [7, 11) is 0. The van der Waals surface area contributed by atoms with Crippen molar-refractivity contribution in [2.75, 3.05) is 6.54 Å². The number of hydrogen-bond acceptors (Lipinski definition) is 1. The van der Waals surface area contributed by atoms with Gasteiger partial charge in [0.25, 0.3) is 0 Å². The Balaban J connectivity index is 2.31. The van der Waals surface area contributed by atoms with Crippen LogP contribution in [0.5, 0.6) is 0 Å². The maximum Gasteiger partial charge on any atom is 0.318 e. The fourth-order valence-electron chi connectivity index (χ4n) is 1.22. The summed E-state index contributed by atoms with van der Waals surface area (Å²) in [6.07, 6.45) is 4.07. The van der Waals surface area contributed by atoms with Gasteiger partial charge in [0.1, 0.15) is 0 Å². The first-order valence-electron chi connectivity index (χ1n) is 5.13. The zero-order valence-electron chi connectivity index (χ0n) is 9.16. The van der Waals surface area contributed by atoms with Crippen LogP contribution in [-0.2, 0) is 6.42 Å². The van der Waals surface area contributed by atoms with Crippen LogP contribution < -0.4 is 10.6 Å². The highest BCUT2D eigenvalue weighted by Crippen LogP contribution is 2.14. The lowest BCUT2D eigenvalue weighted by molar-refractivity contribution is 0.244. The summed E-state index contributed by atoms with van der Waals surface area (Å²) in [6, 6.07) is 7.41. The van der Waals surface area contributed by atoms with E-state index in [1.54, 1.807) is 12.3 Å². The highest BCUT2D eigenvalue weighted by molar-refractivity contribution is 6.31. The van der Waals surface area contributed by atoms with Crippen LogP contribution in [0.2, 0.25) is 5.02 Å². The molecule has 0 aliphatic rings. The van der Waals surface area contributed by atoms with E-state index >= 15 is 0 Å². The molecule has 0 aliphatic carbocycles. The van der Waals surface area contributed by atoms with Crippen molar-refractivity contribution in [2.24, 2.45) is 0 Å². The van der Waals surface area contributed by atoms with Gasteiger partial charge in [-0.3, -0.25) is 0 Å². The van der Waals surface area contributed by atoms with Crippen molar-refractivity contribution < 1.29 is 4.79 Å². The normalized spacial score (nSPS) is 10.4. The molecule has 4 heteroatoms. The average Bonchev–Trinajstić information content (AvgIpc) is 2.29. The fourth-order valence-corrected chi connectivity index (χ4v) is 1.45. The Bertz CT molecular complexity index is 377. The van der Waals surface area contributed by atoms with Gasteiger partial charge in [-0.25, -0.2) is 4.79 Å². The Hall–Kier alpha value is -1.48. The van der Waals surface area contributed by atoms with E-state index in [1.807, 2.05) is 31.2 Å². The van der Waals surface area contributed by atoms with Crippen molar-refractivity contribution in [3.8, 4) is 0 Å². The van der Waals surface area contributed by atoms with Crippen molar-refractivity contribution in [2.45, 2.75) is 13.3 Å². The van der Waals surface area contributed by atoms with Gasteiger partial charge in [0, 0.05) is 17.8 Å². The van der Waals surface area contributed by atoms with E-state index in [1.165, 1.54) is 0 Å². The van der Waals surface area contributed by atoms with Crippen LogP contribution in [-0.4, -0.2) is 12.6 Å². The Morgan fingerprint density at radius 1 is 1.44 bits per heavy atom. The maximum absolute atomic E-state index is 11.2. The summed E-state index contributed by atoms with van der Waals surface area (Å²) >= 11 is 5.98. The van der Waals surface area contributed by atoms with Crippen LogP contribution in [0.15, 0.2) is 36.5 Å². The summed E-state index contributed by atoms with van der Waals surface area (Å²) in [5.41, 5.74) is 1.04. The number of halogens is 1. The molecule has 0 heterocycles. The first-order chi connectivity index (χ1) is 7.74. The predicted octanol–water partition coefficient (Wildman–Crippen LogP) is 2.72. The van der Waals surface area contributed by atoms with Gasteiger partial charge in [-0.05, 0) is 25.0 Å². The van der Waals surface area contributed by atoms with Crippen molar-refractivity contribution in [3.63, 3.8) is 0 Å². The molecular formula is C12H15ClN2O. The zero-order chi connectivity index (χ0) is 11.8. The molecule has 0 radical (unpaired) electrons. The first-order valence-corrected chi connectivity index (χ1v) is 5.50. The van der Waals surface area contributed by atoms with Crippen LogP contribution in [0.4, 0.5) is 4.79 Å². The lowest BCUT2D eigenvalue weighted by Gasteiger charge is -2.05. The van der Waals surface area contributed by atoms with Gasteiger partial charge in [0.15, 0.2) is 0 Å². The summed E-state index contributed by atoms with van der Waals surface area (Å²) in [5.74, 6) is 0. The molecule has 86 valence electrons. The summed E-state index contributed by atoms with van der Waals surface area (Å²) in [5, 5.41) is 6.04. The standard InChI is InChI=1S/C12H15ClN2O/c1-2-8-14-12(16)15-9-7-10-5-3-4-6-11(10)13/h2-6,8H,7,9H2,1H3,(H2,14,15,16)/b8-2+. The van der Waals surface area contributed by atoms with Gasteiger partial charge < -0.3 is 10.6 Å². The molecule has 1 rings (SSSR count). The van der Waals surface area contributed by atoms with E-state index in [0.29, 0.717) is 6.54 Å². The minimum absolute atomic E-state index is 0.204. The van der Waals surface area contributed by atoms with Crippen LogP contribution in [0, 0.1) is 0 Å². The smallest absolute Gasteiger partial charge is 0.318 e. The zero-order valence-corrected chi connectivity index (χ0v) is 9.92. The van der Waals surface area contributed by atoms with Crippen LogP contribution in [0.1, 0.15) is 12.5 Å². The van der Waals surface area contributed by atoms with Gasteiger partial charge >= 0.3 is 6.03 Å². The molecule has 3 nitrogen and oxygen atoms in total. The van der Waals surface area contributed by atoms with Gasteiger partial charge in [0.2, 0.25) is 0 Å². The monoisotopic (exact) mass is 238 g/mol. The molecule has 0 bridgehead atoms. The summed E-state index contributed by atoms with van der Waals surface area (Å²) < 4.78 is 0. The molecule has 0 atom stereocenters. The predicted molar refractivity (Wildman–Crippen MR) is 66.5 cm³/mol. The number of urea groups is 1. The third-order valence-electron chi connectivity index (χ3n) is 2.02. The third kappa shape index (κ3) is 4.36. The molecule has 0 aliphatic heterocycles. The third-order valence-corrected chi connectivity index (χ3v) is 2.39. The van der Waals surface area contributed by atoms with Crippen molar-refractivity contribution in [3.05, 3.63) is 47.1 Å². The molecule has 0 saturated carbocycles. The highest BCUT2D eigenvalue weighted by atomic mass is 35.5. The molecule has 1 aromatic rings. The maximum atomic E-state index is 11.2. The van der Waals surface area contributed by atoms with Gasteiger partial charge in [-0.1, -0.05) is 35.9 Å². The highest BCUT2D eigenvalue weighted by Gasteiger charge is 2.00. The minimum Gasteiger partial charge on any atom is -0.338 e. The number of amides is 2.